The van der Waals surface area contributed by atoms with Crippen LogP contribution in [0.3, 0.4) is 0 Å². The van der Waals surface area contributed by atoms with Crippen molar-refractivity contribution in [3.8, 4) is 0 Å². The lowest BCUT2D eigenvalue weighted by Crippen LogP contribution is -2.36. The van der Waals surface area contributed by atoms with Crippen molar-refractivity contribution in [1.29, 1.82) is 0 Å². The Kier molecular flexibility index (Phi) is 5.56. The number of amides is 2. The van der Waals surface area contributed by atoms with E-state index in [0.29, 0.717) is 26.2 Å². The fourth-order valence-corrected chi connectivity index (χ4v) is 2.98. The van der Waals surface area contributed by atoms with Crippen molar-refractivity contribution in [3.05, 3.63) is 42.0 Å². The summed E-state index contributed by atoms with van der Waals surface area (Å²) in [5.74, 6) is 0. The maximum Gasteiger partial charge on any atom is 0.317 e. The number of carbonyl (C=O) groups is 1. The van der Waals surface area contributed by atoms with E-state index in [1.807, 2.05) is 22.8 Å². The monoisotopic (exact) mass is 360 g/mol. The van der Waals surface area contributed by atoms with Crippen LogP contribution < -0.4 is 5.32 Å². The molecule has 0 bridgehead atoms. The molecule has 0 unspecified atom stereocenters. The van der Waals surface area contributed by atoms with Gasteiger partial charge in [0.05, 0.1) is 36.9 Å². The number of urea groups is 1. The average molecular weight is 360 g/mol. The van der Waals surface area contributed by atoms with Crippen LogP contribution in [0.25, 0.3) is 11.0 Å². The Bertz CT molecular complexity index is 846. The summed E-state index contributed by atoms with van der Waals surface area (Å²) in [4.78, 5) is 18.1. The minimum absolute atomic E-state index is 0.143. The Labute approximate surface area is 149 Å². The first-order chi connectivity index (χ1) is 12.2. The van der Waals surface area contributed by atoms with Crippen LogP contribution in [0.2, 0.25) is 0 Å². The van der Waals surface area contributed by atoms with Crippen molar-refractivity contribution < 1.29 is 9.53 Å². The van der Waals surface area contributed by atoms with Gasteiger partial charge < -0.3 is 19.5 Å². The first-order valence-electron chi connectivity index (χ1n) is 7.85. The number of hydrogen-bond acceptors (Lipinski definition) is 6. The Balaban J connectivity index is 1.54. The predicted molar refractivity (Wildman–Crippen MR) is 95.2 cm³/mol. The molecule has 2 aromatic heterocycles. The highest BCUT2D eigenvalue weighted by Gasteiger charge is 2.11. The van der Waals surface area contributed by atoms with Crippen molar-refractivity contribution in [2.24, 2.45) is 0 Å². The largest absolute Gasteiger partial charge is 0.383 e. The molecular formula is C16H20N6O2S. The van der Waals surface area contributed by atoms with Gasteiger partial charge in [-0.05, 0) is 17.7 Å². The lowest BCUT2D eigenvalue weighted by atomic mass is 10.2. The number of benzene rings is 1. The van der Waals surface area contributed by atoms with Gasteiger partial charge in [0.2, 0.25) is 0 Å². The maximum absolute atomic E-state index is 12.3. The van der Waals surface area contributed by atoms with Gasteiger partial charge >= 0.3 is 6.03 Å². The zero-order valence-corrected chi connectivity index (χ0v) is 15.0. The van der Waals surface area contributed by atoms with Crippen molar-refractivity contribution in [3.63, 3.8) is 0 Å². The molecule has 1 aromatic carbocycles. The first kappa shape index (κ1) is 17.3. The number of methoxy groups -OCH3 is 1. The molecule has 132 valence electrons. The summed E-state index contributed by atoms with van der Waals surface area (Å²) in [6.45, 7) is 2.23. The number of ether oxygens (including phenoxy) is 1. The van der Waals surface area contributed by atoms with E-state index in [4.69, 9.17) is 4.74 Å². The second-order valence-electron chi connectivity index (χ2n) is 5.67. The van der Waals surface area contributed by atoms with E-state index in [-0.39, 0.29) is 6.03 Å². The number of fused-ring (bicyclic) bond motifs is 1. The lowest BCUT2D eigenvalue weighted by Gasteiger charge is -2.18. The normalized spacial score (nSPS) is 11.0. The van der Waals surface area contributed by atoms with E-state index in [2.05, 4.69) is 19.0 Å². The number of carbonyl (C=O) groups excluding carboxylic acids is 1. The second-order valence-corrected chi connectivity index (χ2v) is 6.20. The molecular weight excluding hydrogens is 340 g/mol. The molecule has 0 aliphatic rings. The molecule has 3 aromatic rings. The summed E-state index contributed by atoms with van der Waals surface area (Å²) >= 11 is 1.19. The highest BCUT2D eigenvalue weighted by molar-refractivity contribution is 7.00. The summed E-state index contributed by atoms with van der Waals surface area (Å²) in [5, 5.41) is 2.91. The zero-order valence-electron chi connectivity index (χ0n) is 14.2. The molecule has 9 heteroatoms. The summed E-state index contributed by atoms with van der Waals surface area (Å²) in [6, 6.07) is 5.71. The third kappa shape index (κ3) is 4.31. The third-order valence-electron chi connectivity index (χ3n) is 3.84. The summed E-state index contributed by atoms with van der Waals surface area (Å²) in [5.41, 5.74) is 3.69. The van der Waals surface area contributed by atoms with Gasteiger partial charge in [0.15, 0.2) is 0 Å². The molecule has 0 fully saturated rings. The van der Waals surface area contributed by atoms with Crippen LogP contribution in [-0.2, 0) is 24.4 Å². The molecule has 1 N–H and O–H groups in total. The van der Waals surface area contributed by atoms with Crippen molar-refractivity contribution in [1.82, 2.24) is 28.5 Å². The highest BCUT2D eigenvalue weighted by atomic mass is 32.1. The smallest absolute Gasteiger partial charge is 0.317 e. The van der Waals surface area contributed by atoms with E-state index in [1.54, 1.807) is 31.6 Å². The van der Waals surface area contributed by atoms with Crippen LogP contribution >= 0.6 is 11.7 Å². The number of hydrogen-bond donors (Lipinski definition) is 1. The van der Waals surface area contributed by atoms with Gasteiger partial charge in [-0.2, -0.15) is 8.75 Å². The van der Waals surface area contributed by atoms with E-state index < -0.39 is 0 Å². The Morgan fingerprint density at radius 3 is 3.04 bits per heavy atom. The van der Waals surface area contributed by atoms with Crippen LogP contribution in [-0.4, -0.2) is 50.0 Å². The molecule has 0 aliphatic carbocycles. The molecule has 3 rings (SSSR count). The van der Waals surface area contributed by atoms with Gasteiger partial charge in [-0.1, -0.05) is 6.07 Å². The Morgan fingerprint density at radius 1 is 1.36 bits per heavy atom. The minimum atomic E-state index is -0.143. The fraction of sp³-hybridized carbons (Fsp3) is 0.375. The molecule has 0 spiro atoms. The number of aromatic nitrogens is 4. The molecule has 0 saturated carbocycles. The number of imidazole rings is 1. The van der Waals surface area contributed by atoms with E-state index in [0.717, 1.165) is 22.3 Å². The van der Waals surface area contributed by atoms with Gasteiger partial charge in [0, 0.05) is 33.4 Å². The van der Waals surface area contributed by atoms with Gasteiger partial charge in [-0.3, -0.25) is 0 Å². The molecule has 2 heterocycles. The van der Waals surface area contributed by atoms with Crippen molar-refractivity contribution in [2.45, 2.75) is 19.6 Å². The topological polar surface area (TPSA) is 85.2 Å². The van der Waals surface area contributed by atoms with Crippen LogP contribution in [0.1, 0.15) is 11.3 Å². The van der Waals surface area contributed by atoms with E-state index in [1.165, 1.54) is 11.7 Å². The van der Waals surface area contributed by atoms with Crippen molar-refractivity contribution in [2.75, 3.05) is 20.8 Å². The van der Waals surface area contributed by atoms with Gasteiger partial charge in [-0.25, -0.2) is 9.78 Å². The van der Waals surface area contributed by atoms with Gasteiger partial charge in [-0.15, -0.1) is 0 Å². The number of nitrogens with zero attached hydrogens (tertiary/aromatic N) is 5. The minimum Gasteiger partial charge on any atom is -0.383 e. The molecule has 25 heavy (non-hydrogen) atoms. The van der Waals surface area contributed by atoms with E-state index in [9.17, 15) is 4.79 Å². The van der Waals surface area contributed by atoms with Crippen LogP contribution in [0.4, 0.5) is 4.79 Å². The molecule has 2 amide bonds. The third-order valence-corrected chi connectivity index (χ3v) is 4.40. The van der Waals surface area contributed by atoms with Crippen LogP contribution in [0, 0.1) is 0 Å². The fourth-order valence-electron chi connectivity index (χ4n) is 2.46. The first-order valence-corrected chi connectivity index (χ1v) is 8.58. The van der Waals surface area contributed by atoms with Gasteiger partial charge in [0.1, 0.15) is 11.0 Å². The number of rotatable bonds is 7. The quantitative estimate of drug-likeness (QED) is 0.695. The number of nitrogens with one attached hydrogen (secondary N) is 1. The molecule has 8 nitrogen and oxygen atoms in total. The average Bonchev–Trinajstić information content (AvgIpc) is 3.26. The van der Waals surface area contributed by atoms with Crippen LogP contribution in [0.5, 0.6) is 0 Å². The summed E-state index contributed by atoms with van der Waals surface area (Å²) < 4.78 is 15.4. The lowest BCUT2D eigenvalue weighted by molar-refractivity contribution is 0.186. The SMILES string of the molecule is COCCn1cncc1CNC(=O)N(C)Cc1ccc2nsnc2c1. The summed E-state index contributed by atoms with van der Waals surface area (Å²) in [6.07, 6.45) is 3.49. The van der Waals surface area contributed by atoms with E-state index >= 15 is 0 Å². The maximum atomic E-state index is 12.3. The van der Waals surface area contributed by atoms with Crippen molar-refractivity contribution >= 4 is 28.8 Å². The summed E-state index contributed by atoms with van der Waals surface area (Å²) in [7, 11) is 3.42. The standard InChI is InChI=1S/C16H20N6O2S/c1-21(10-12-3-4-14-15(7-12)20-25-19-14)16(23)18-9-13-8-17-11-22(13)5-6-24-2/h3-4,7-8,11H,5-6,9-10H2,1-2H3,(H,18,23). The van der Waals surface area contributed by atoms with Crippen LogP contribution in [0.15, 0.2) is 30.7 Å². The predicted octanol–water partition coefficient (Wildman–Crippen LogP) is 1.88. The molecule has 0 atom stereocenters. The Hall–Kier alpha value is -2.52. The van der Waals surface area contributed by atoms with Gasteiger partial charge in [0.25, 0.3) is 0 Å². The zero-order chi connectivity index (χ0) is 17.6. The molecule has 0 aliphatic heterocycles. The Morgan fingerprint density at radius 2 is 2.20 bits per heavy atom. The molecule has 0 saturated heterocycles. The highest BCUT2D eigenvalue weighted by Crippen LogP contribution is 2.14. The second kappa shape index (κ2) is 8.04. The molecule has 0 radical (unpaired) electrons.